The lowest BCUT2D eigenvalue weighted by molar-refractivity contribution is -0.140. The van der Waals surface area contributed by atoms with Crippen molar-refractivity contribution in [1.82, 2.24) is 35.0 Å². The molecule has 0 spiro atoms. The van der Waals surface area contributed by atoms with Gasteiger partial charge in [-0.2, -0.15) is 0 Å². The molecule has 202 valence electrons. The van der Waals surface area contributed by atoms with Gasteiger partial charge >= 0.3 is 0 Å². The van der Waals surface area contributed by atoms with Gasteiger partial charge in [0.1, 0.15) is 18.1 Å². The van der Waals surface area contributed by atoms with Crippen LogP contribution in [-0.4, -0.2) is 61.8 Å². The number of hydrogen-bond acceptors (Lipinski definition) is 8. The highest BCUT2D eigenvalue weighted by Crippen LogP contribution is 2.26. The van der Waals surface area contributed by atoms with Crippen LogP contribution in [-0.2, 0) is 20.7 Å². The number of nitrogens with zero attached hydrogens (tertiary/aromatic N) is 5. The molecule has 3 aliphatic rings. The van der Waals surface area contributed by atoms with Crippen molar-refractivity contribution in [2.75, 3.05) is 19.8 Å². The summed E-state index contributed by atoms with van der Waals surface area (Å²) in [6.07, 6.45) is 13.3. The SMILES string of the molecule is CCc1ncn2cc(Cl)c(C(=O)NCOC3=CN4CC(=O)N(N5C=CC(C(=O)NN)=C(F)C5)C=C4C=C3)cc12. The Hall–Kier alpha value is -4.62. The van der Waals surface area contributed by atoms with Crippen LogP contribution < -0.4 is 16.6 Å². The minimum Gasteiger partial charge on any atom is -0.472 e. The van der Waals surface area contributed by atoms with Crippen LogP contribution in [0.1, 0.15) is 23.0 Å². The smallest absolute Gasteiger partial charge is 0.267 e. The Kier molecular flexibility index (Phi) is 7.09. The van der Waals surface area contributed by atoms with Gasteiger partial charge in [-0.3, -0.25) is 24.8 Å². The average Bonchev–Trinajstić information content (AvgIpc) is 3.33. The highest BCUT2D eigenvalue weighted by atomic mass is 35.5. The van der Waals surface area contributed by atoms with Crippen LogP contribution in [0.2, 0.25) is 5.02 Å². The van der Waals surface area contributed by atoms with E-state index in [4.69, 9.17) is 22.2 Å². The van der Waals surface area contributed by atoms with E-state index in [2.05, 4.69) is 10.3 Å². The van der Waals surface area contributed by atoms with E-state index in [1.165, 1.54) is 22.3 Å². The third-order valence-electron chi connectivity index (χ3n) is 6.26. The van der Waals surface area contributed by atoms with Gasteiger partial charge in [0, 0.05) is 18.6 Å². The van der Waals surface area contributed by atoms with Gasteiger partial charge in [-0.15, -0.1) is 0 Å². The first-order chi connectivity index (χ1) is 18.8. The molecule has 39 heavy (non-hydrogen) atoms. The summed E-state index contributed by atoms with van der Waals surface area (Å²) < 4.78 is 21.9. The zero-order chi connectivity index (χ0) is 27.7. The zero-order valence-corrected chi connectivity index (χ0v) is 21.5. The number of carbonyl (C=O) groups excluding carboxylic acids is 3. The van der Waals surface area contributed by atoms with E-state index in [0.29, 0.717) is 23.4 Å². The highest BCUT2D eigenvalue weighted by Gasteiger charge is 2.30. The van der Waals surface area contributed by atoms with Gasteiger partial charge in [-0.25, -0.2) is 20.2 Å². The van der Waals surface area contributed by atoms with Crippen LogP contribution in [0.4, 0.5) is 4.39 Å². The third-order valence-corrected chi connectivity index (χ3v) is 6.56. The molecule has 5 rings (SSSR count). The molecule has 5 heterocycles. The Morgan fingerprint density at radius 1 is 1.21 bits per heavy atom. The molecule has 0 saturated carbocycles. The monoisotopic (exact) mass is 554 g/mol. The van der Waals surface area contributed by atoms with Gasteiger partial charge < -0.3 is 19.4 Å². The summed E-state index contributed by atoms with van der Waals surface area (Å²) in [5.41, 5.74) is 4.30. The first-order valence-corrected chi connectivity index (χ1v) is 12.3. The molecule has 0 unspecified atom stereocenters. The number of fused-ring (bicyclic) bond motifs is 2. The molecule has 4 N–H and O–H groups in total. The van der Waals surface area contributed by atoms with Crippen molar-refractivity contribution in [2.45, 2.75) is 13.3 Å². The Labute approximate surface area is 227 Å². The van der Waals surface area contributed by atoms with Crippen molar-refractivity contribution in [1.29, 1.82) is 0 Å². The highest BCUT2D eigenvalue weighted by molar-refractivity contribution is 6.33. The van der Waals surface area contributed by atoms with Crippen LogP contribution >= 0.6 is 11.6 Å². The predicted molar refractivity (Wildman–Crippen MR) is 138 cm³/mol. The molecular formula is C25H24ClFN8O4. The number of carbonyl (C=O) groups is 3. The third kappa shape index (κ3) is 5.09. The van der Waals surface area contributed by atoms with E-state index in [0.717, 1.165) is 11.2 Å². The lowest BCUT2D eigenvalue weighted by Crippen LogP contribution is -2.49. The van der Waals surface area contributed by atoms with Crippen LogP contribution in [0.15, 0.2) is 78.3 Å². The fourth-order valence-electron chi connectivity index (χ4n) is 4.26. The number of halogens is 2. The number of amides is 3. The minimum atomic E-state index is -0.755. The maximum atomic E-state index is 14.4. The van der Waals surface area contributed by atoms with Gasteiger partial charge in [-0.1, -0.05) is 18.5 Å². The number of aryl methyl sites for hydroxylation is 1. The molecule has 0 radical (unpaired) electrons. The van der Waals surface area contributed by atoms with Crippen molar-refractivity contribution in [3.8, 4) is 0 Å². The lowest BCUT2D eigenvalue weighted by Gasteiger charge is -2.39. The van der Waals surface area contributed by atoms with E-state index in [1.807, 2.05) is 12.3 Å². The van der Waals surface area contributed by atoms with Gasteiger partial charge in [0.2, 0.25) is 0 Å². The molecule has 3 amide bonds. The number of aromatic nitrogens is 2. The van der Waals surface area contributed by atoms with Crippen molar-refractivity contribution in [2.24, 2.45) is 5.84 Å². The Bertz CT molecular complexity index is 1530. The Balaban J connectivity index is 1.20. The fraction of sp³-hybridized carbons (Fsp3) is 0.200. The van der Waals surface area contributed by atoms with Gasteiger partial charge in [0.15, 0.2) is 6.73 Å². The summed E-state index contributed by atoms with van der Waals surface area (Å²) in [7, 11) is 0. The molecule has 0 aromatic carbocycles. The summed E-state index contributed by atoms with van der Waals surface area (Å²) in [6, 6.07) is 1.69. The summed E-state index contributed by atoms with van der Waals surface area (Å²) in [5, 5.41) is 5.59. The largest absolute Gasteiger partial charge is 0.472 e. The Morgan fingerprint density at radius 2 is 2.03 bits per heavy atom. The molecule has 3 aliphatic heterocycles. The van der Waals surface area contributed by atoms with Crippen molar-refractivity contribution in [3.05, 3.63) is 94.6 Å². The number of imidazole rings is 1. The van der Waals surface area contributed by atoms with Gasteiger partial charge in [0.05, 0.1) is 52.1 Å². The topological polar surface area (TPSA) is 138 Å². The maximum absolute atomic E-state index is 14.4. The van der Waals surface area contributed by atoms with Gasteiger partial charge in [0.25, 0.3) is 17.7 Å². The van der Waals surface area contributed by atoms with E-state index >= 15 is 0 Å². The average molecular weight is 555 g/mol. The standard InChI is InChI=1S/C25H24ClFN8O4/c1-2-21-22-7-18(19(26)10-33(22)13-29-21)24(37)30-14-39-16-4-3-15-8-35(23(36)12-32(15)9-16)34-6-5-17(20(27)11-34)25(38)31-28/h3-10,13H,2,11-12,14,28H2,1H3,(H,30,37)(H,31,38). The molecule has 2 aromatic rings. The number of allylic oxidation sites excluding steroid dienone is 2. The number of pyridine rings is 1. The normalized spacial score (nSPS) is 16.8. The van der Waals surface area contributed by atoms with Crippen molar-refractivity contribution in [3.63, 3.8) is 0 Å². The molecule has 0 fully saturated rings. The minimum absolute atomic E-state index is 0.0397. The number of nitrogens with two attached hydrogens (primary N) is 1. The van der Waals surface area contributed by atoms with Crippen LogP contribution in [0, 0.1) is 0 Å². The second-order valence-corrected chi connectivity index (χ2v) is 9.06. The second kappa shape index (κ2) is 10.6. The van der Waals surface area contributed by atoms with E-state index in [9.17, 15) is 18.8 Å². The first-order valence-electron chi connectivity index (χ1n) is 11.9. The molecule has 12 nitrogen and oxygen atoms in total. The van der Waals surface area contributed by atoms with E-state index in [-0.39, 0.29) is 36.3 Å². The predicted octanol–water partition coefficient (Wildman–Crippen LogP) is 1.61. The molecular weight excluding hydrogens is 531 g/mol. The molecule has 14 heteroatoms. The van der Waals surface area contributed by atoms with Crippen molar-refractivity contribution >= 4 is 34.8 Å². The Morgan fingerprint density at radius 3 is 2.77 bits per heavy atom. The summed E-state index contributed by atoms with van der Waals surface area (Å²) in [4.78, 5) is 43.2. The maximum Gasteiger partial charge on any atom is 0.267 e. The van der Waals surface area contributed by atoms with Gasteiger partial charge in [-0.05, 0) is 30.7 Å². The summed E-state index contributed by atoms with van der Waals surface area (Å²) in [5.74, 6) is 3.28. The number of nitrogens with one attached hydrogen (secondary N) is 2. The molecule has 0 bridgehead atoms. The van der Waals surface area contributed by atoms with E-state index < -0.39 is 17.6 Å². The lowest BCUT2D eigenvalue weighted by atomic mass is 10.1. The van der Waals surface area contributed by atoms with Crippen LogP contribution in [0.3, 0.4) is 0 Å². The molecule has 2 aromatic heterocycles. The number of hydrazine groups is 2. The molecule has 0 saturated heterocycles. The van der Waals surface area contributed by atoms with Crippen molar-refractivity contribution < 1.29 is 23.5 Å². The number of hydrogen-bond donors (Lipinski definition) is 3. The molecule has 0 aliphatic carbocycles. The summed E-state index contributed by atoms with van der Waals surface area (Å²) >= 11 is 6.30. The first kappa shape index (κ1) is 26.0. The van der Waals surface area contributed by atoms with Crippen LogP contribution in [0.25, 0.3) is 5.52 Å². The number of rotatable bonds is 7. The zero-order valence-electron chi connectivity index (χ0n) is 20.7. The summed E-state index contributed by atoms with van der Waals surface area (Å²) in [6.45, 7) is 1.50. The fourth-order valence-corrected chi connectivity index (χ4v) is 4.50. The quantitative estimate of drug-likeness (QED) is 0.203. The number of ether oxygens (including phenoxy) is 1. The second-order valence-electron chi connectivity index (χ2n) is 8.66. The molecule has 0 atom stereocenters. The van der Waals surface area contributed by atoms with E-state index in [1.54, 1.807) is 52.4 Å². The van der Waals surface area contributed by atoms with Crippen LogP contribution in [0.5, 0.6) is 0 Å².